The standard InChI is InChI=1S/C16H16ClN5O/c17-14-8-18-21(11-14)7-6-16(23)20-15-9-19-22(12-15)10-13-4-2-1-3-5-13/h1-5,8-9,11-12H,6-7,10H2,(H,20,23). The number of halogens is 1. The molecule has 0 fully saturated rings. The highest BCUT2D eigenvalue weighted by Gasteiger charge is 2.06. The van der Waals surface area contributed by atoms with Crippen LogP contribution in [0.5, 0.6) is 0 Å². The molecule has 0 saturated carbocycles. The van der Waals surface area contributed by atoms with E-state index in [2.05, 4.69) is 15.5 Å². The fraction of sp³-hybridized carbons (Fsp3) is 0.188. The summed E-state index contributed by atoms with van der Waals surface area (Å²) >= 11 is 5.78. The smallest absolute Gasteiger partial charge is 0.226 e. The number of nitrogens with zero attached hydrogens (tertiary/aromatic N) is 4. The molecule has 2 heterocycles. The predicted octanol–water partition coefficient (Wildman–Crippen LogP) is 2.81. The van der Waals surface area contributed by atoms with Gasteiger partial charge in [0.05, 0.1) is 29.6 Å². The van der Waals surface area contributed by atoms with Crippen LogP contribution in [0, 0.1) is 0 Å². The van der Waals surface area contributed by atoms with Crippen molar-refractivity contribution in [2.45, 2.75) is 19.5 Å². The second kappa shape index (κ2) is 7.11. The van der Waals surface area contributed by atoms with E-state index < -0.39 is 0 Å². The molecule has 1 aromatic carbocycles. The Morgan fingerprint density at radius 1 is 1.09 bits per heavy atom. The molecule has 7 heteroatoms. The van der Waals surface area contributed by atoms with Crippen LogP contribution >= 0.6 is 11.6 Å². The quantitative estimate of drug-likeness (QED) is 0.756. The molecule has 6 nitrogen and oxygen atoms in total. The van der Waals surface area contributed by atoms with Crippen molar-refractivity contribution < 1.29 is 4.79 Å². The van der Waals surface area contributed by atoms with Gasteiger partial charge in [-0.05, 0) is 5.56 Å². The van der Waals surface area contributed by atoms with Gasteiger partial charge in [0.1, 0.15) is 0 Å². The number of aromatic nitrogens is 4. The highest BCUT2D eigenvalue weighted by atomic mass is 35.5. The van der Waals surface area contributed by atoms with E-state index in [-0.39, 0.29) is 5.91 Å². The summed E-state index contributed by atoms with van der Waals surface area (Å²) in [5, 5.41) is 11.7. The minimum Gasteiger partial charge on any atom is -0.323 e. The summed E-state index contributed by atoms with van der Waals surface area (Å²) in [5.41, 5.74) is 1.84. The molecule has 0 spiro atoms. The van der Waals surface area contributed by atoms with E-state index in [0.29, 0.717) is 30.2 Å². The van der Waals surface area contributed by atoms with Gasteiger partial charge in [0, 0.05) is 25.4 Å². The Labute approximate surface area is 138 Å². The van der Waals surface area contributed by atoms with E-state index >= 15 is 0 Å². The van der Waals surface area contributed by atoms with Crippen molar-refractivity contribution in [3.8, 4) is 0 Å². The summed E-state index contributed by atoms with van der Waals surface area (Å²) < 4.78 is 3.43. The predicted molar refractivity (Wildman–Crippen MR) is 88.3 cm³/mol. The van der Waals surface area contributed by atoms with Crippen molar-refractivity contribution >= 4 is 23.2 Å². The molecule has 3 aromatic rings. The van der Waals surface area contributed by atoms with Crippen LogP contribution in [0.3, 0.4) is 0 Å². The average molecular weight is 330 g/mol. The third kappa shape index (κ3) is 4.43. The van der Waals surface area contributed by atoms with Crippen molar-refractivity contribution in [1.82, 2.24) is 19.6 Å². The Hall–Kier alpha value is -2.60. The second-order valence-electron chi connectivity index (χ2n) is 5.13. The number of amides is 1. The maximum absolute atomic E-state index is 11.9. The van der Waals surface area contributed by atoms with Crippen LogP contribution in [0.25, 0.3) is 0 Å². The summed E-state index contributed by atoms with van der Waals surface area (Å²) in [6.45, 7) is 1.15. The average Bonchev–Trinajstić information content (AvgIpc) is 3.15. The van der Waals surface area contributed by atoms with Gasteiger partial charge in [-0.3, -0.25) is 14.2 Å². The van der Waals surface area contributed by atoms with E-state index in [1.165, 1.54) is 0 Å². The fourth-order valence-electron chi connectivity index (χ4n) is 2.19. The van der Waals surface area contributed by atoms with Crippen LogP contribution in [-0.4, -0.2) is 25.5 Å². The number of carbonyl (C=O) groups excluding carboxylic acids is 1. The summed E-state index contributed by atoms with van der Waals surface area (Å²) in [5.74, 6) is -0.0871. The molecule has 0 aliphatic rings. The zero-order chi connectivity index (χ0) is 16.1. The first-order valence-electron chi connectivity index (χ1n) is 7.23. The maximum atomic E-state index is 11.9. The van der Waals surface area contributed by atoms with Crippen LogP contribution in [0.15, 0.2) is 55.1 Å². The summed E-state index contributed by atoms with van der Waals surface area (Å²) in [6.07, 6.45) is 7.02. The molecule has 0 saturated heterocycles. The van der Waals surface area contributed by atoms with E-state index in [1.54, 1.807) is 28.0 Å². The zero-order valence-electron chi connectivity index (χ0n) is 12.4. The number of rotatable bonds is 6. The van der Waals surface area contributed by atoms with Gasteiger partial charge in [0.15, 0.2) is 0 Å². The van der Waals surface area contributed by atoms with Crippen molar-refractivity contribution in [2.24, 2.45) is 0 Å². The molecule has 3 rings (SSSR count). The van der Waals surface area contributed by atoms with E-state index in [1.807, 2.05) is 36.5 Å². The molecule has 0 aliphatic carbocycles. The lowest BCUT2D eigenvalue weighted by atomic mass is 10.2. The lowest BCUT2D eigenvalue weighted by Crippen LogP contribution is -2.14. The molecule has 1 amide bonds. The number of carbonyl (C=O) groups is 1. The Balaban J connectivity index is 1.51. The molecular formula is C16H16ClN5O. The number of benzene rings is 1. The third-order valence-electron chi connectivity index (χ3n) is 3.27. The number of hydrogen-bond donors (Lipinski definition) is 1. The zero-order valence-corrected chi connectivity index (χ0v) is 13.1. The Bertz CT molecular complexity index is 781. The topological polar surface area (TPSA) is 64.7 Å². The van der Waals surface area contributed by atoms with Crippen molar-refractivity contribution in [3.05, 3.63) is 65.7 Å². The molecule has 0 bridgehead atoms. The van der Waals surface area contributed by atoms with Crippen molar-refractivity contribution in [3.63, 3.8) is 0 Å². The molecule has 23 heavy (non-hydrogen) atoms. The number of hydrogen-bond acceptors (Lipinski definition) is 3. The Morgan fingerprint density at radius 3 is 2.61 bits per heavy atom. The normalized spacial score (nSPS) is 10.7. The second-order valence-corrected chi connectivity index (χ2v) is 5.57. The molecule has 0 unspecified atom stereocenters. The van der Waals surface area contributed by atoms with E-state index in [0.717, 1.165) is 5.56 Å². The van der Waals surface area contributed by atoms with Crippen molar-refractivity contribution in [2.75, 3.05) is 5.32 Å². The summed E-state index contributed by atoms with van der Waals surface area (Å²) in [7, 11) is 0. The highest BCUT2D eigenvalue weighted by molar-refractivity contribution is 6.30. The monoisotopic (exact) mass is 329 g/mol. The van der Waals surface area contributed by atoms with Crippen LogP contribution in [-0.2, 0) is 17.9 Å². The molecule has 0 aliphatic heterocycles. The van der Waals surface area contributed by atoms with Crippen LogP contribution in [0.4, 0.5) is 5.69 Å². The van der Waals surface area contributed by atoms with E-state index in [9.17, 15) is 4.79 Å². The minimum absolute atomic E-state index is 0.0871. The first-order chi connectivity index (χ1) is 11.2. The van der Waals surface area contributed by atoms with Crippen LogP contribution in [0.2, 0.25) is 5.02 Å². The van der Waals surface area contributed by atoms with Crippen LogP contribution in [0.1, 0.15) is 12.0 Å². The van der Waals surface area contributed by atoms with Crippen LogP contribution < -0.4 is 5.32 Å². The molecule has 1 N–H and O–H groups in total. The molecule has 2 aromatic heterocycles. The largest absolute Gasteiger partial charge is 0.323 e. The van der Waals surface area contributed by atoms with Gasteiger partial charge >= 0.3 is 0 Å². The first-order valence-corrected chi connectivity index (χ1v) is 7.61. The first kappa shape index (κ1) is 15.3. The van der Waals surface area contributed by atoms with Gasteiger partial charge in [-0.25, -0.2) is 0 Å². The third-order valence-corrected chi connectivity index (χ3v) is 3.47. The van der Waals surface area contributed by atoms with Gasteiger partial charge in [0.2, 0.25) is 5.91 Å². The molecule has 0 radical (unpaired) electrons. The minimum atomic E-state index is -0.0871. The summed E-state index contributed by atoms with van der Waals surface area (Å²) in [4.78, 5) is 11.9. The fourth-order valence-corrected chi connectivity index (χ4v) is 2.34. The van der Waals surface area contributed by atoms with E-state index in [4.69, 9.17) is 11.6 Å². The molecule has 118 valence electrons. The Morgan fingerprint density at radius 2 is 1.87 bits per heavy atom. The van der Waals surface area contributed by atoms with Gasteiger partial charge < -0.3 is 5.32 Å². The van der Waals surface area contributed by atoms with Gasteiger partial charge in [-0.1, -0.05) is 41.9 Å². The number of aryl methyl sites for hydroxylation is 1. The molecule has 0 atom stereocenters. The number of nitrogens with one attached hydrogen (secondary N) is 1. The summed E-state index contributed by atoms with van der Waals surface area (Å²) in [6, 6.07) is 10.0. The van der Waals surface area contributed by atoms with Gasteiger partial charge in [-0.15, -0.1) is 0 Å². The Kier molecular flexibility index (Phi) is 4.73. The number of anilines is 1. The SMILES string of the molecule is O=C(CCn1cc(Cl)cn1)Nc1cnn(Cc2ccccc2)c1. The molecular weight excluding hydrogens is 314 g/mol. The lowest BCUT2D eigenvalue weighted by molar-refractivity contribution is -0.116. The van der Waals surface area contributed by atoms with Gasteiger partial charge in [0.25, 0.3) is 0 Å². The maximum Gasteiger partial charge on any atom is 0.226 e. The highest BCUT2D eigenvalue weighted by Crippen LogP contribution is 2.09. The van der Waals surface area contributed by atoms with Gasteiger partial charge in [-0.2, -0.15) is 10.2 Å². The van der Waals surface area contributed by atoms with Crippen molar-refractivity contribution in [1.29, 1.82) is 0 Å². The lowest BCUT2D eigenvalue weighted by Gasteiger charge is -2.03.